The summed E-state index contributed by atoms with van der Waals surface area (Å²) < 4.78 is 16.9. The van der Waals surface area contributed by atoms with E-state index in [-0.39, 0.29) is 31.6 Å². The van der Waals surface area contributed by atoms with Gasteiger partial charge in [-0.25, -0.2) is 0 Å². The predicted octanol–water partition coefficient (Wildman–Crippen LogP) is 23.3. The van der Waals surface area contributed by atoms with E-state index in [1.807, 2.05) is 6.08 Å². The summed E-state index contributed by atoms with van der Waals surface area (Å²) in [7, 11) is 0. The molecule has 0 saturated carbocycles. The zero-order chi connectivity index (χ0) is 59.2. The lowest BCUT2D eigenvalue weighted by Crippen LogP contribution is -2.30. The lowest BCUT2D eigenvalue weighted by molar-refractivity contribution is -0.166. The summed E-state index contributed by atoms with van der Waals surface area (Å²) in [6, 6.07) is 0. The average molecular weight is 1130 g/mol. The van der Waals surface area contributed by atoms with Gasteiger partial charge in [0.25, 0.3) is 0 Å². The number of unbranched alkanes of at least 4 members (excludes halogenated alkanes) is 22. The van der Waals surface area contributed by atoms with Crippen LogP contribution in [-0.4, -0.2) is 37.2 Å². The maximum absolute atomic E-state index is 12.9. The van der Waals surface area contributed by atoms with Crippen LogP contribution < -0.4 is 0 Å². The zero-order valence-electron chi connectivity index (χ0n) is 52.9. The smallest absolute Gasteiger partial charge is 0.306 e. The second-order valence-electron chi connectivity index (χ2n) is 21.6. The molecule has 0 N–H and O–H groups in total. The molecule has 0 radical (unpaired) electrons. The molecule has 82 heavy (non-hydrogen) atoms. The number of hydrogen-bond acceptors (Lipinski definition) is 6. The van der Waals surface area contributed by atoms with Gasteiger partial charge in [-0.2, -0.15) is 0 Å². The van der Waals surface area contributed by atoms with Crippen LogP contribution in [0, 0.1) is 0 Å². The van der Waals surface area contributed by atoms with Crippen molar-refractivity contribution in [2.45, 2.75) is 290 Å². The van der Waals surface area contributed by atoms with E-state index in [2.05, 4.69) is 173 Å². The van der Waals surface area contributed by atoms with E-state index in [9.17, 15) is 14.4 Å². The summed E-state index contributed by atoms with van der Waals surface area (Å²) >= 11 is 0. The van der Waals surface area contributed by atoms with Crippen LogP contribution in [0.25, 0.3) is 0 Å². The molecule has 0 aromatic carbocycles. The number of allylic oxidation sites excluding steroid dienone is 26. The standard InChI is InChI=1S/C76H122O6/c1-4-7-10-13-16-19-22-25-28-30-32-33-34-35-36-37-38-39-40-41-42-43-45-46-48-51-54-57-60-63-66-69-75(78)81-72-73(71-80-74(77)68-65-62-59-56-53-50-27-24-21-18-15-12-9-6-3)82-76(79)70-67-64-61-58-55-52-49-47-44-31-29-26-23-20-17-14-11-8-5-2/h7-8,10-11,16-17,19-20,25-26,28-29,32-33,35-36,38-39,41-42,44,47,52,55,61,64,73H,4-6,9,12-15,18,21-24,27,30-31,34,37,40,43,45-46,48-51,53-54,56-60,62-63,65-72H2,1-3H3/b10-7-,11-8-,19-16-,20-17-,28-25-,29-26-,33-32-,36-35-,39-38-,42-41-,47-44-,55-52-,64-61-. The van der Waals surface area contributed by atoms with Gasteiger partial charge in [0.2, 0.25) is 0 Å². The first-order valence-electron chi connectivity index (χ1n) is 33.5. The van der Waals surface area contributed by atoms with Crippen LogP contribution in [0.2, 0.25) is 0 Å². The van der Waals surface area contributed by atoms with Crippen molar-refractivity contribution in [2.75, 3.05) is 13.2 Å². The maximum Gasteiger partial charge on any atom is 0.306 e. The van der Waals surface area contributed by atoms with E-state index in [1.165, 1.54) is 109 Å². The van der Waals surface area contributed by atoms with Crippen molar-refractivity contribution in [1.29, 1.82) is 0 Å². The molecule has 0 aliphatic heterocycles. The van der Waals surface area contributed by atoms with Crippen molar-refractivity contribution in [3.8, 4) is 0 Å². The van der Waals surface area contributed by atoms with Crippen molar-refractivity contribution in [1.82, 2.24) is 0 Å². The average Bonchev–Trinajstić information content (AvgIpc) is 3.47. The molecule has 0 aromatic heterocycles. The lowest BCUT2D eigenvalue weighted by atomic mass is 10.0. The molecule has 0 heterocycles. The van der Waals surface area contributed by atoms with Gasteiger partial charge in [-0.05, 0) is 116 Å². The van der Waals surface area contributed by atoms with Gasteiger partial charge in [0.1, 0.15) is 13.2 Å². The Morgan fingerprint density at radius 1 is 0.256 bits per heavy atom. The Bertz CT molecular complexity index is 1830. The Morgan fingerprint density at radius 3 is 0.793 bits per heavy atom. The summed E-state index contributed by atoms with van der Waals surface area (Å²) in [6.07, 6.45) is 99.8. The molecule has 6 nitrogen and oxygen atoms in total. The van der Waals surface area contributed by atoms with Gasteiger partial charge in [-0.15, -0.1) is 0 Å². The number of rotatable bonds is 59. The van der Waals surface area contributed by atoms with Gasteiger partial charge in [0, 0.05) is 19.3 Å². The van der Waals surface area contributed by atoms with Crippen LogP contribution in [0.5, 0.6) is 0 Å². The molecule has 0 spiro atoms. The van der Waals surface area contributed by atoms with E-state index in [4.69, 9.17) is 14.2 Å². The third-order valence-electron chi connectivity index (χ3n) is 13.8. The number of carbonyl (C=O) groups excluding carboxylic acids is 3. The zero-order valence-corrected chi connectivity index (χ0v) is 52.9. The van der Waals surface area contributed by atoms with E-state index < -0.39 is 12.1 Å². The van der Waals surface area contributed by atoms with Crippen LogP contribution in [-0.2, 0) is 28.6 Å². The molecular weight excluding hydrogens is 1010 g/mol. The van der Waals surface area contributed by atoms with E-state index in [1.54, 1.807) is 0 Å². The third-order valence-corrected chi connectivity index (χ3v) is 13.8. The minimum Gasteiger partial charge on any atom is -0.462 e. The van der Waals surface area contributed by atoms with Crippen LogP contribution in [0.1, 0.15) is 284 Å². The maximum atomic E-state index is 12.9. The van der Waals surface area contributed by atoms with Gasteiger partial charge in [-0.3, -0.25) is 14.4 Å². The summed E-state index contributed by atoms with van der Waals surface area (Å²) in [4.78, 5) is 38.3. The number of esters is 3. The molecular formula is C76H122O6. The molecule has 0 fully saturated rings. The molecule has 1 unspecified atom stereocenters. The minimum atomic E-state index is -0.827. The summed E-state index contributed by atoms with van der Waals surface area (Å²) in [5, 5.41) is 0. The Morgan fingerprint density at radius 2 is 0.500 bits per heavy atom. The van der Waals surface area contributed by atoms with Crippen molar-refractivity contribution in [2.24, 2.45) is 0 Å². The molecule has 0 aliphatic carbocycles. The highest BCUT2D eigenvalue weighted by Gasteiger charge is 2.19. The first kappa shape index (κ1) is 77.0. The van der Waals surface area contributed by atoms with Crippen molar-refractivity contribution in [3.63, 3.8) is 0 Å². The van der Waals surface area contributed by atoms with Crippen molar-refractivity contribution < 1.29 is 28.6 Å². The Labute approximate surface area is 505 Å². The Kier molecular flexibility index (Phi) is 64.4. The largest absolute Gasteiger partial charge is 0.462 e. The molecule has 6 heteroatoms. The molecule has 0 rings (SSSR count). The van der Waals surface area contributed by atoms with Crippen LogP contribution >= 0.6 is 0 Å². The fourth-order valence-electron chi connectivity index (χ4n) is 8.86. The number of hydrogen-bond donors (Lipinski definition) is 0. The number of ether oxygens (including phenoxy) is 3. The molecule has 0 amide bonds. The third kappa shape index (κ3) is 65.8. The Balaban J connectivity index is 4.41. The minimum absolute atomic E-state index is 0.113. The normalized spacial score (nSPS) is 13.2. The molecule has 0 aliphatic rings. The highest BCUT2D eigenvalue weighted by atomic mass is 16.6. The first-order valence-corrected chi connectivity index (χ1v) is 33.5. The summed E-state index contributed by atoms with van der Waals surface area (Å²) in [5.74, 6) is -1.00. The van der Waals surface area contributed by atoms with Crippen molar-refractivity contribution >= 4 is 17.9 Å². The second kappa shape index (κ2) is 68.5. The molecule has 462 valence electrons. The highest BCUT2D eigenvalue weighted by molar-refractivity contribution is 5.71. The quantitative estimate of drug-likeness (QED) is 0.0261. The van der Waals surface area contributed by atoms with E-state index in [0.717, 1.165) is 128 Å². The highest BCUT2D eigenvalue weighted by Crippen LogP contribution is 2.16. The molecule has 0 aromatic rings. The molecule has 1 atom stereocenters. The van der Waals surface area contributed by atoms with E-state index >= 15 is 0 Å². The second-order valence-corrected chi connectivity index (χ2v) is 21.6. The Hall–Kier alpha value is -4.97. The SMILES string of the molecule is CC/C=C\C/C=C\C/C=C\C/C=C\C/C=C\C/C=C\C/C=C\CCCCCCCCCCCC(=O)OCC(COC(=O)CCCCCCCCCCCCCCCC)OC(=O)CC/C=C\C/C=C\C/C=C\C/C=C\C/C=C\C/C=C\CC. The van der Waals surface area contributed by atoms with Crippen LogP contribution in [0.4, 0.5) is 0 Å². The summed E-state index contributed by atoms with van der Waals surface area (Å²) in [5.41, 5.74) is 0. The van der Waals surface area contributed by atoms with Gasteiger partial charge in [0.05, 0.1) is 0 Å². The van der Waals surface area contributed by atoms with Crippen molar-refractivity contribution in [3.05, 3.63) is 158 Å². The predicted molar refractivity (Wildman–Crippen MR) is 357 cm³/mol. The molecule has 0 saturated heterocycles. The number of carbonyl (C=O) groups is 3. The van der Waals surface area contributed by atoms with Crippen LogP contribution in [0.3, 0.4) is 0 Å². The van der Waals surface area contributed by atoms with Gasteiger partial charge < -0.3 is 14.2 Å². The first-order chi connectivity index (χ1) is 40.5. The fourth-order valence-corrected chi connectivity index (χ4v) is 8.86. The van der Waals surface area contributed by atoms with Gasteiger partial charge in [-0.1, -0.05) is 307 Å². The molecule has 0 bridgehead atoms. The van der Waals surface area contributed by atoms with Gasteiger partial charge in [0.15, 0.2) is 6.10 Å². The fraction of sp³-hybridized carbons (Fsp3) is 0.618. The van der Waals surface area contributed by atoms with E-state index in [0.29, 0.717) is 19.3 Å². The van der Waals surface area contributed by atoms with Crippen LogP contribution in [0.15, 0.2) is 158 Å². The summed E-state index contributed by atoms with van der Waals surface area (Å²) in [6.45, 7) is 6.35. The lowest BCUT2D eigenvalue weighted by Gasteiger charge is -2.18. The topological polar surface area (TPSA) is 78.9 Å². The monoisotopic (exact) mass is 1130 g/mol. The van der Waals surface area contributed by atoms with Gasteiger partial charge >= 0.3 is 17.9 Å².